The second-order valence-electron chi connectivity index (χ2n) is 9.52. The first-order valence-electron chi connectivity index (χ1n) is 11.0. The monoisotopic (exact) mass is 491 g/mol. The molecule has 34 heavy (non-hydrogen) atoms. The van der Waals surface area contributed by atoms with E-state index in [2.05, 4.69) is 5.32 Å². The number of likely N-dealkylation sites (tertiary alicyclic amines) is 1. The number of amides is 3. The van der Waals surface area contributed by atoms with Crippen molar-refractivity contribution in [2.24, 2.45) is 0 Å². The summed E-state index contributed by atoms with van der Waals surface area (Å²) in [6.07, 6.45) is 0.202. The van der Waals surface area contributed by atoms with Crippen LogP contribution in [-0.2, 0) is 17.1 Å². The molecule has 1 aliphatic carbocycles. The molecule has 0 aromatic heterocycles. The smallest absolute Gasteiger partial charge is 0.329 e. The van der Waals surface area contributed by atoms with Gasteiger partial charge < -0.3 is 15.2 Å². The van der Waals surface area contributed by atoms with E-state index in [1.807, 2.05) is 0 Å². The summed E-state index contributed by atoms with van der Waals surface area (Å²) in [5, 5.41) is 12.9. The largest absolute Gasteiger partial charge is 0.449 e. The molecule has 0 unspecified atom stereocenters. The summed E-state index contributed by atoms with van der Waals surface area (Å²) < 4.78 is 37.5. The molecule has 180 valence electrons. The first-order chi connectivity index (χ1) is 16.0. The summed E-state index contributed by atoms with van der Waals surface area (Å²) >= 11 is 6.15. The molecule has 2 heterocycles. The van der Waals surface area contributed by atoms with E-state index >= 15 is 4.39 Å². The fourth-order valence-corrected chi connectivity index (χ4v) is 5.13. The highest BCUT2D eigenvalue weighted by molar-refractivity contribution is 6.30. The number of anilines is 1. The molecule has 0 radical (unpaired) electrons. The molecule has 2 fully saturated rings. The van der Waals surface area contributed by atoms with Crippen molar-refractivity contribution in [1.82, 2.24) is 10.2 Å². The van der Waals surface area contributed by atoms with E-state index < -0.39 is 47.0 Å². The first-order valence-corrected chi connectivity index (χ1v) is 11.4. The highest BCUT2D eigenvalue weighted by Crippen LogP contribution is 2.47. The van der Waals surface area contributed by atoms with Crippen LogP contribution in [0.15, 0.2) is 36.4 Å². The molecular formula is C24H24ClF2N3O4. The number of alkyl halides is 1. The van der Waals surface area contributed by atoms with E-state index in [4.69, 9.17) is 16.3 Å². The molecule has 3 amide bonds. The fourth-order valence-electron chi connectivity index (χ4n) is 4.95. The SMILES string of the molecule is CC1(C)NC(=O)N(c2ccc(F)c(O[C@]3(F)c4cc(Cl)ccc4C[C@@H]3N3CC[C@@H](O)C3)c2)C1=O. The number of aliphatic hydroxyl groups is 1. The number of urea groups is 1. The number of carbonyl (C=O) groups excluding carboxylic acids is 2. The third kappa shape index (κ3) is 3.62. The highest BCUT2D eigenvalue weighted by Gasteiger charge is 2.54. The second kappa shape index (κ2) is 7.90. The van der Waals surface area contributed by atoms with Gasteiger partial charge in [0.05, 0.1) is 17.8 Å². The van der Waals surface area contributed by atoms with Crippen LogP contribution in [0, 0.1) is 5.82 Å². The van der Waals surface area contributed by atoms with Crippen molar-refractivity contribution in [2.75, 3.05) is 18.0 Å². The predicted octanol–water partition coefficient (Wildman–Crippen LogP) is 3.51. The van der Waals surface area contributed by atoms with Gasteiger partial charge in [0.2, 0.25) is 0 Å². The fraction of sp³-hybridized carbons (Fsp3) is 0.417. The molecule has 0 saturated carbocycles. The lowest BCUT2D eigenvalue weighted by Gasteiger charge is -2.35. The van der Waals surface area contributed by atoms with Crippen LogP contribution in [0.1, 0.15) is 31.4 Å². The summed E-state index contributed by atoms with van der Waals surface area (Å²) in [5.74, 6) is -4.28. The summed E-state index contributed by atoms with van der Waals surface area (Å²) in [6.45, 7) is 3.84. The normalized spacial score (nSPS) is 28.4. The maximum atomic E-state index is 16.8. The Balaban J connectivity index is 1.54. The van der Waals surface area contributed by atoms with E-state index in [0.717, 1.165) is 17.0 Å². The number of halogens is 3. The van der Waals surface area contributed by atoms with Gasteiger partial charge in [-0.3, -0.25) is 9.69 Å². The van der Waals surface area contributed by atoms with Gasteiger partial charge in [-0.2, -0.15) is 4.39 Å². The van der Waals surface area contributed by atoms with Crippen molar-refractivity contribution < 1.29 is 28.2 Å². The number of hydrogen-bond acceptors (Lipinski definition) is 5. The van der Waals surface area contributed by atoms with E-state index in [9.17, 15) is 19.1 Å². The Bertz CT molecular complexity index is 1190. The van der Waals surface area contributed by atoms with E-state index in [-0.39, 0.29) is 24.2 Å². The Morgan fingerprint density at radius 3 is 2.62 bits per heavy atom. The lowest BCUT2D eigenvalue weighted by atomic mass is 10.1. The van der Waals surface area contributed by atoms with E-state index in [1.165, 1.54) is 12.1 Å². The van der Waals surface area contributed by atoms with Crippen molar-refractivity contribution in [3.63, 3.8) is 0 Å². The number of rotatable bonds is 4. The number of benzene rings is 2. The quantitative estimate of drug-likeness (QED) is 0.640. The molecule has 2 aromatic rings. The number of nitrogens with one attached hydrogen (secondary N) is 1. The van der Waals surface area contributed by atoms with Gasteiger partial charge in [0.25, 0.3) is 11.8 Å². The summed E-state index contributed by atoms with van der Waals surface area (Å²) in [5.41, 5.74) is -0.208. The highest BCUT2D eigenvalue weighted by atomic mass is 35.5. The Morgan fingerprint density at radius 2 is 1.97 bits per heavy atom. The minimum atomic E-state index is -2.47. The topological polar surface area (TPSA) is 82.1 Å². The molecule has 3 atom stereocenters. The van der Waals surface area contributed by atoms with Gasteiger partial charge >= 0.3 is 6.03 Å². The van der Waals surface area contributed by atoms with Crippen LogP contribution in [0.25, 0.3) is 0 Å². The zero-order valence-corrected chi connectivity index (χ0v) is 19.4. The molecule has 0 bridgehead atoms. The molecule has 2 aromatic carbocycles. The number of carbonyl (C=O) groups is 2. The van der Waals surface area contributed by atoms with Crippen molar-refractivity contribution >= 4 is 29.2 Å². The zero-order chi connectivity index (χ0) is 24.4. The molecule has 5 rings (SSSR count). The average Bonchev–Trinajstić information content (AvgIpc) is 3.37. The first kappa shape index (κ1) is 23.0. The van der Waals surface area contributed by atoms with Gasteiger partial charge in [-0.15, -0.1) is 0 Å². The van der Waals surface area contributed by atoms with Crippen LogP contribution in [0.3, 0.4) is 0 Å². The number of imide groups is 1. The third-order valence-electron chi connectivity index (χ3n) is 6.71. The molecular weight excluding hydrogens is 468 g/mol. The molecule has 2 saturated heterocycles. The lowest BCUT2D eigenvalue weighted by Crippen LogP contribution is -2.48. The minimum Gasteiger partial charge on any atom is -0.449 e. The van der Waals surface area contributed by atoms with Crippen LogP contribution in [0.5, 0.6) is 5.75 Å². The maximum absolute atomic E-state index is 16.8. The van der Waals surface area contributed by atoms with Crippen LogP contribution in [-0.4, -0.2) is 52.7 Å². The summed E-state index contributed by atoms with van der Waals surface area (Å²) in [4.78, 5) is 27.8. The number of aliphatic hydroxyl groups excluding tert-OH is 1. The van der Waals surface area contributed by atoms with Crippen LogP contribution >= 0.6 is 11.6 Å². The average molecular weight is 492 g/mol. The van der Waals surface area contributed by atoms with Gasteiger partial charge in [-0.25, -0.2) is 14.1 Å². The Hall–Kier alpha value is -2.75. The number of hydrogen-bond donors (Lipinski definition) is 2. The molecule has 0 spiro atoms. The zero-order valence-electron chi connectivity index (χ0n) is 18.6. The van der Waals surface area contributed by atoms with Gasteiger partial charge in [-0.05, 0) is 56.5 Å². The molecule has 2 N–H and O–H groups in total. The van der Waals surface area contributed by atoms with Crippen molar-refractivity contribution in [2.45, 2.75) is 50.2 Å². The van der Waals surface area contributed by atoms with Crippen molar-refractivity contribution in [3.8, 4) is 5.75 Å². The second-order valence-corrected chi connectivity index (χ2v) is 9.95. The summed E-state index contributed by atoms with van der Waals surface area (Å²) in [6, 6.07) is 6.79. The van der Waals surface area contributed by atoms with E-state index in [0.29, 0.717) is 23.6 Å². The Kier molecular flexibility index (Phi) is 5.34. The van der Waals surface area contributed by atoms with Gasteiger partial charge in [0, 0.05) is 29.7 Å². The standard InChI is InChI=1S/C24H24ClF2N3O4/c1-23(2)21(32)30(22(33)28-23)15-5-6-18(26)19(11-15)34-24(27)17-10-14(25)4-3-13(17)9-20(24)29-8-7-16(31)12-29/h3-6,10-11,16,20,31H,7-9,12H2,1-2H3,(H,28,33)/t16-,20+,24-/m1/s1. The van der Waals surface area contributed by atoms with Crippen LogP contribution < -0.4 is 15.0 Å². The van der Waals surface area contributed by atoms with Gasteiger partial charge in [0.1, 0.15) is 5.54 Å². The molecule has 2 aliphatic heterocycles. The minimum absolute atomic E-state index is 0.0607. The number of ether oxygens (including phenoxy) is 1. The lowest BCUT2D eigenvalue weighted by molar-refractivity contribution is -0.123. The molecule has 3 aliphatic rings. The molecule has 10 heteroatoms. The third-order valence-corrected chi connectivity index (χ3v) is 6.94. The van der Waals surface area contributed by atoms with Gasteiger partial charge in [-0.1, -0.05) is 17.7 Å². The number of fused-ring (bicyclic) bond motifs is 1. The molecule has 7 nitrogen and oxygen atoms in total. The number of β-amino-alcohol motifs (C(OH)–C–C–N with tert-alkyl or cyclic N) is 1. The predicted molar refractivity (Wildman–Crippen MR) is 121 cm³/mol. The van der Waals surface area contributed by atoms with Crippen molar-refractivity contribution in [1.29, 1.82) is 0 Å². The maximum Gasteiger partial charge on any atom is 0.329 e. The van der Waals surface area contributed by atoms with Crippen LogP contribution in [0.2, 0.25) is 5.02 Å². The van der Waals surface area contributed by atoms with E-state index in [1.54, 1.807) is 30.9 Å². The Morgan fingerprint density at radius 1 is 1.21 bits per heavy atom. The van der Waals surface area contributed by atoms with Crippen molar-refractivity contribution in [3.05, 3.63) is 58.4 Å². The Labute approximate surface area is 200 Å². The summed E-state index contributed by atoms with van der Waals surface area (Å²) in [7, 11) is 0. The number of nitrogens with zero attached hydrogens (tertiary/aromatic N) is 2. The van der Waals surface area contributed by atoms with Gasteiger partial charge in [0.15, 0.2) is 11.6 Å². The van der Waals surface area contributed by atoms with Crippen LogP contribution in [0.4, 0.5) is 19.3 Å².